The third-order valence-electron chi connectivity index (χ3n) is 4.89. The van der Waals surface area contributed by atoms with Gasteiger partial charge in [-0.1, -0.05) is 23.2 Å². The lowest BCUT2D eigenvalue weighted by molar-refractivity contribution is -0.138. The van der Waals surface area contributed by atoms with E-state index >= 15 is 0 Å². The largest absolute Gasteiger partial charge is 0.495 e. The Labute approximate surface area is 171 Å². The Bertz CT molecular complexity index is 953. The number of methoxy groups -OCH3 is 1. The van der Waals surface area contributed by atoms with Crippen LogP contribution < -0.4 is 10.1 Å². The van der Waals surface area contributed by atoms with Gasteiger partial charge in [0.2, 0.25) is 11.8 Å². The monoisotopic (exact) mass is 427 g/mol. The molecule has 2 amide bonds. The van der Waals surface area contributed by atoms with Crippen molar-refractivity contribution >= 4 is 45.9 Å². The van der Waals surface area contributed by atoms with Crippen LogP contribution in [0.5, 0.6) is 5.75 Å². The highest BCUT2D eigenvalue weighted by molar-refractivity contribution is 6.46. The second-order valence-corrected chi connectivity index (χ2v) is 7.10. The van der Waals surface area contributed by atoms with Crippen LogP contribution >= 0.6 is 23.2 Å². The van der Waals surface area contributed by atoms with E-state index in [1.165, 1.54) is 12.0 Å². The first-order chi connectivity index (χ1) is 13.3. The normalized spacial score (nSPS) is 18.3. The van der Waals surface area contributed by atoms with Gasteiger partial charge in [-0.3, -0.25) is 14.6 Å². The molecule has 0 radical (unpaired) electrons. The van der Waals surface area contributed by atoms with Gasteiger partial charge in [0.25, 0.3) is 0 Å². The Morgan fingerprint density at radius 2 is 2.00 bits per heavy atom. The van der Waals surface area contributed by atoms with E-state index in [1.54, 1.807) is 12.3 Å². The van der Waals surface area contributed by atoms with Crippen LogP contribution in [0.1, 0.15) is 30.1 Å². The van der Waals surface area contributed by atoms with Crippen LogP contribution in [-0.4, -0.2) is 58.8 Å². The standard InChI is InChI=1S/C18H19Cl2N3O5/c1-8-15-9-3-12(28-2)16(19)17(20)18(9)22-4-10(15)11(5-21-13(26)6-24)23(8)14(27)7-25/h3-4,8,11,24-25H,5-7H2,1-2H3,(H,21,26)/t8-,11-/m0/s1. The van der Waals surface area contributed by atoms with E-state index in [2.05, 4.69) is 10.3 Å². The van der Waals surface area contributed by atoms with Crippen molar-refractivity contribution in [3.8, 4) is 5.75 Å². The van der Waals surface area contributed by atoms with Crippen molar-refractivity contribution in [1.82, 2.24) is 15.2 Å². The molecule has 2 aromatic rings. The fourth-order valence-corrected chi connectivity index (χ4v) is 4.13. The molecule has 2 heterocycles. The van der Waals surface area contributed by atoms with Crippen molar-refractivity contribution in [2.45, 2.75) is 19.0 Å². The molecule has 1 aliphatic rings. The summed E-state index contributed by atoms with van der Waals surface area (Å²) in [6, 6.07) is 0.734. The first-order valence-corrected chi connectivity index (χ1v) is 9.25. The number of ether oxygens (including phenoxy) is 1. The van der Waals surface area contributed by atoms with Crippen molar-refractivity contribution in [3.05, 3.63) is 33.4 Å². The number of amides is 2. The van der Waals surface area contributed by atoms with Crippen LogP contribution in [0.3, 0.4) is 0 Å². The fourth-order valence-electron chi connectivity index (χ4n) is 3.67. The van der Waals surface area contributed by atoms with Crippen molar-refractivity contribution in [2.75, 3.05) is 26.9 Å². The van der Waals surface area contributed by atoms with Crippen LogP contribution in [0.15, 0.2) is 12.3 Å². The highest BCUT2D eigenvalue weighted by Crippen LogP contribution is 2.47. The summed E-state index contributed by atoms with van der Waals surface area (Å²) in [5.74, 6) is -0.687. The zero-order chi connectivity index (χ0) is 20.6. The molecule has 0 fully saturated rings. The molecule has 0 bridgehead atoms. The number of hydrogen-bond donors (Lipinski definition) is 3. The topological polar surface area (TPSA) is 112 Å². The SMILES string of the molecule is COc1cc2c3c(cnc2c(Cl)c1Cl)[C@H](CNC(=O)CO)N(C(=O)CO)[C@H]3C. The summed E-state index contributed by atoms with van der Waals surface area (Å²) in [6.45, 7) is 0.539. The lowest BCUT2D eigenvalue weighted by Gasteiger charge is -2.28. The van der Waals surface area contributed by atoms with Gasteiger partial charge < -0.3 is 25.2 Å². The molecule has 150 valence electrons. The van der Waals surface area contributed by atoms with Crippen LogP contribution in [-0.2, 0) is 9.59 Å². The van der Waals surface area contributed by atoms with Gasteiger partial charge in [0, 0.05) is 23.7 Å². The van der Waals surface area contributed by atoms with E-state index < -0.39 is 37.1 Å². The van der Waals surface area contributed by atoms with Crippen LogP contribution in [0.25, 0.3) is 10.9 Å². The fraction of sp³-hybridized carbons (Fsp3) is 0.389. The Balaban J connectivity index is 2.19. The average molecular weight is 428 g/mol. The molecule has 2 atom stereocenters. The predicted molar refractivity (Wildman–Crippen MR) is 103 cm³/mol. The van der Waals surface area contributed by atoms with Crippen molar-refractivity contribution < 1.29 is 24.5 Å². The van der Waals surface area contributed by atoms with Gasteiger partial charge >= 0.3 is 0 Å². The lowest BCUT2D eigenvalue weighted by atomic mass is 9.99. The predicted octanol–water partition coefficient (Wildman–Crippen LogP) is 1.60. The summed E-state index contributed by atoms with van der Waals surface area (Å²) in [5, 5.41) is 22.1. The number of rotatable bonds is 5. The molecule has 0 unspecified atom stereocenters. The second-order valence-electron chi connectivity index (χ2n) is 6.34. The van der Waals surface area contributed by atoms with E-state index in [4.69, 9.17) is 33.0 Å². The first kappa shape index (κ1) is 20.6. The number of carbonyl (C=O) groups excluding carboxylic acids is 2. The molecule has 3 N–H and O–H groups in total. The molecule has 0 aliphatic carbocycles. The minimum Gasteiger partial charge on any atom is -0.495 e. The van der Waals surface area contributed by atoms with Gasteiger partial charge in [0.1, 0.15) is 24.0 Å². The quantitative estimate of drug-likeness (QED) is 0.667. The van der Waals surface area contributed by atoms with E-state index in [0.29, 0.717) is 22.2 Å². The Morgan fingerprint density at radius 1 is 1.29 bits per heavy atom. The molecular formula is C18H19Cl2N3O5. The number of aliphatic hydroxyl groups excluding tert-OH is 2. The molecule has 1 aliphatic heterocycles. The number of pyridine rings is 1. The van der Waals surface area contributed by atoms with Gasteiger partial charge in [-0.05, 0) is 18.6 Å². The number of hydrogen-bond acceptors (Lipinski definition) is 6. The molecule has 0 spiro atoms. The molecule has 28 heavy (non-hydrogen) atoms. The lowest BCUT2D eigenvalue weighted by Crippen LogP contribution is -2.40. The number of nitrogens with zero attached hydrogens (tertiary/aromatic N) is 2. The number of carbonyl (C=O) groups is 2. The Hall–Kier alpha value is -2.13. The van der Waals surface area contributed by atoms with Crippen molar-refractivity contribution in [3.63, 3.8) is 0 Å². The molecule has 1 aromatic carbocycles. The van der Waals surface area contributed by atoms with Crippen LogP contribution in [0.2, 0.25) is 10.0 Å². The number of aliphatic hydroxyl groups is 2. The first-order valence-electron chi connectivity index (χ1n) is 8.49. The summed E-state index contributed by atoms with van der Waals surface area (Å²) in [4.78, 5) is 29.8. The molecule has 10 heteroatoms. The summed E-state index contributed by atoms with van der Waals surface area (Å²) in [7, 11) is 1.47. The third-order valence-corrected chi connectivity index (χ3v) is 5.73. The molecule has 0 saturated heterocycles. The maximum Gasteiger partial charge on any atom is 0.249 e. The second kappa shape index (κ2) is 8.08. The zero-order valence-electron chi connectivity index (χ0n) is 15.2. The number of nitrogens with one attached hydrogen (secondary N) is 1. The summed E-state index contributed by atoms with van der Waals surface area (Å²) in [5.41, 5.74) is 1.96. The minimum absolute atomic E-state index is 0.0636. The number of fused-ring (bicyclic) bond motifs is 3. The van der Waals surface area contributed by atoms with Crippen molar-refractivity contribution in [2.24, 2.45) is 0 Å². The van der Waals surface area contributed by atoms with Gasteiger partial charge in [0.15, 0.2) is 0 Å². The minimum atomic E-state index is -0.677. The van der Waals surface area contributed by atoms with E-state index in [0.717, 1.165) is 5.56 Å². The number of halogens is 2. The van der Waals surface area contributed by atoms with E-state index in [1.807, 2.05) is 6.92 Å². The van der Waals surface area contributed by atoms with Gasteiger partial charge in [-0.25, -0.2) is 0 Å². The van der Waals surface area contributed by atoms with E-state index in [-0.39, 0.29) is 16.6 Å². The van der Waals surface area contributed by atoms with E-state index in [9.17, 15) is 14.7 Å². The molecule has 1 aromatic heterocycles. The average Bonchev–Trinajstić information content (AvgIpc) is 2.99. The van der Waals surface area contributed by atoms with Crippen LogP contribution in [0.4, 0.5) is 0 Å². The van der Waals surface area contributed by atoms with Crippen molar-refractivity contribution in [1.29, 1.82) is 0 Å². The smallest absolute Gasteiger partial charge is 0.249 e. The summed E-state index contributed by atoms with van der Waals surface area (Å²) >= 11 is 12.6. The highest BCUT2D eigenvalue weighted by atomic mass is 35.5. The Kier molecular flexibility index (Phi) is 5.95. The highest BCUT2D eigenvalue weighted by Gasteiger charge is 2.40. The van der Waals surface area contributed by atoms with Gasteiger partial charge in [-0.2, -0.15) is 0 Å². The Morgan fingerprint density at radius 3 is 2.61 bits per heavy atom. The number of aromatic nitrogens is 1. The third kappa shape index (κ3) is 3.26. The summed E-state index contributed by atoms with van der Waals surface area (Å²) in [6.07, 6.45) is 1.59. The number of benzene rings is 1. The van der Waals surface area contributed by atoms with Gasteiger partial charge in [-0.15, -0.1) is 0 Å². The molecule has 3 rings (SSSR count). The maximum atomic E-state index is 12.4. The molecule has 8 nitrogen and oxygen atoms in total. The molecular weight excluding hydrogens is 409 g/mol. The zero-order valence-corrected chi connectivity index (χ0v) is 16.7. The van der Waals surface area contributed by atoms with Gasteiger partial charge in [0.05, 0.1) is 29.7 Å². The summed E-state index contributed by atoms with van der Waals surface area (Å²) < 4.78 is 5.30. The molecule has 0 saturated carbocycles. The maximum absolute atomic E-state index is 12.4. The van der Waals surface area contributed by atoms with Crippen LogP contribution in [0, 0.1) is 0 Å².